The molecule has 0 aliphatic carbocycles. The number of carboxylic acid groups (broad SMARTS) is 2. The Kier molecular flexibility index (Phi) is 6.45. The molecular formula is C25H27N3O6. The van der Waals surface area contributed by atoms with Crippen LogP contribution in [0, 0.1) is 0 Å². The third-order valence-electron chi connectivity index (χ3n) is 6.51. The topological polar surface area (TPSA) is 122 Å². The van der Waals surface area contributed by atoms with Crippen molar-refractivity contribution in [2.45, 2.75) is 24.9 Å². The summed E-state index contributed by atoms with van der Waals surface area (Å²) in [6.07, 6.45) is -1.49. The molecule has 3 amide bonds. The van der Waals surface area contributed by atoms with E-state index in [9.17, 15) is 29.7 Å². The highest BCUT2D eigenvalue weighted by molar-refractivity contribution is 6.03. The summed E-state index contributed by atoms with van der Waals surface area (Å²) in [5.41, 5.74) is 2.75. The van der Waals surface area contributed by atoms with Crippen molar-refractivity contribution in [3.05, 3.63) is 71.3 Å². The van der Waals surface area contributed by atoms with E-state index in [1.54, 1.807) is 24.1 Å². The number of phenolic OH excluding ortho intramolecular Hbond substituents is 1. The highest BCUT2D eigenvalue weighted by Gasteiger charge is 2.48. The van der Waals surface area contributed by atoms with Crippen molar-refractivity contribution in [2.24, 2.45) is 0 Å². The monoisotopic (exact) mass is 465 g/mol. The minimum absolute atomic E-state index is 0.0328. The summed E-state index contributed by atoms with van der Waals surface area (Å²) in [5, 5.41) is 29.2. The maximum Gasteiger partial charge on any atom is 0.408 e. The quantitative estimate of drug-likeness (QED) is 0.624. The summed E-state index contributed by atoms with van der Waals surface area (Å²) in [6.45, 7) is 0.333. The van der Waals surface area contributed by atoms with Crippen LogP contribution in [-0.2, 0) is 11.2 Å². The zero-order valence-corrected chi connectivity index (χ0v) is 18.8. The third kappa shape index (κ3) is 4.54. The van der Waals surface area contributed by atoms with Crippen molar-refractivity contribution in [1.82, 2.24) is 14.7 Å². The first-order chi connectivity index (χ1) is 16.3. The maximum absolute atomic E-state index is 13.7. The Morgan fingerprint density at radius 3 is 2.26 bits per heavy atom. The molecule has 2 aliphatic rings. The van der Waals surface area contributed by atoms with Crippen LogP contribution >= 0.6 is 0 Å². The lowest BCUT2D eigenvalue weighted by molar-refractivity contribution is -0.127. The Labute approximate surface area is 197 Å². The number of hydrogen-bond donors (Lipinski definition) is 3. The first kappa shape index (κ1) is 23.2. The van der Waals surface area contributed by atoms with Crippen molar-refractivity contribution >= 4 is 23.7 Å². The van der Waals surface area contributed by atoms with Crippen molar-refractivity contribution in [3.8, 4) is 5.75 Å². The van der Waals surface area contributed by atoms with E-state index >= 15 is 0 Å². The van der Waals surface area contributed by atoms with Gasteiger partial charge in [0.15, 0.2) is 0 Å². The molecule has 2 aromatic rings. The van der Waals surface area contributed by atoms with Crippen LogP contribution in [-0.4, -0.2) is 86.9 Å². The van der Waals surface area contributed by atoms with Crippen molar-refractivity contribution in [1.29, 1.82) is 0 Å². The number of fused-ring (bicyclic) bond motifs is 2. The van der Waals surface area contributed by atoms with Gasteiger partial charge in [-0.05, 0) is 41.7 Å². The number of benzene rings is 2. The number of rotatable bonds is 5. The summed E-state index contributed by atoms with van der Waals surface area (Å²) in [6, 6.07) is 14.6. The normalized spacial score (nSPS) is 19.7. The molecule has 9 heteroatoms. The van der Waals surface area contributed by atoms with Gasteiger partial charge < -0.3 is 25.1 Å². The average Bonchev–Trinajstić information content (AvgIpc) is 2.82. The minimum atomic E-state index is -1.18. The van der Waals surface area contributed by atoms with Crippen LogP contribution in [0.25, 0.3) is 5.57 Å². The zero-order valence-electron chi connectivity index (χ0n) is 18.8. The third-order valence-corrected chi connectivity index (χ3v) is 6.51. The predicted molar refractivity (Wildman–Crippen MR) is 124 cm³/mol. The first-order valence-corrected chi connectivity index (χ1v) is 11.1. The van der Waals surface area contributed by atoms with Crippen molar-refractivity contribution in [3.63, 3.8) is 0 Å². The van der Waals surface area contributed by atoms with E-state index in [0.29, 0.717) is 24.1 Å². The Morgan fingerprint density at radius 2 is 1.65 bits per heavy atom. The van der Waals surface area contributed by atoms with E-state index in [4.69, 9.17) is 0 Å². The molecule has 2 aromatic carbocycles. The standard InChI is InChI=1S/C25H27N3O6/c1-26(12-11-16-5-3-2-4-6-16)23(30)22-20(17-7-9-19(29)10-8-17)13-18-14-27(24(31)32)15-21(22)28(18)25(33)34/h2-10,18,21,29H,11-15H2,1H3,(H,31,32)(H,33,34)/t18-,21-/m1/s1. The van der Waals surface area contributed by atoms with E-state index in [2.05, 4.69) is 0 Å². The Hall–Kier alpha value is -4.01. The Balaban J connectivity index is 1.74. The van der Waals surface area contributed by atoms with Gasteiger partial charge in [-0.1, -0.05) is 42.5 Å². The van der Waals surface area contributed by atoms with Gasteiger partial charge in [-0.25, -0.2) is 9.59 Å². The number of carbonyl (C=O) groups is 3. The summed E-state index contributed by atoms with van der Waals surface area (Å²) < 4.78 is 0. The molecule has 0 saturated carbocycles. The second kappa shape index (κ2) is 9.46. The molecule has 1 fully saturated rings. The van der Waals surface area contributed by atoms with E-state index in [1.165, 1.54) is 21.9 Å². The number of amides is 3. The van der Waals surface area contributed by atoms with E-state index in [-0.39, 0.29) is 36.7 Å². The van der Waals surface area contributed by atoms with Gasteiger partial charge in [0.2, 0.25) is 0 Å². The molecule has 2 aliphatic heterocycles. The summed E-state index contributed by atoms with van der Waals surface area (Å²) >= 11 is 0. The molecule has 0 radical (unpaired) electrons. The highest BCUT2D eigenvalue weighted by atomic mass is 16.4. The fraction of sp³-hybridized carbons (Fsp3) is 0.320. The molecule has 9 nitrogen and oxygen atoms in total. The molecule has 0 unspecified atom stereocenters. The van der Waals surface area contributed by atoms with Gasteiger partial charge in [-0.3, -0.25) is 9.69 Å². The summed E-state index contributed by atoms with van der Waals surface area (Å²) in [4.78, 5) is 41.6. The van der Waals surface area contributed by atoms with Gasteiger partial charge in [0.05, 0.1) is 12.1 Å². The average molecular weight is 466 g/mol. The lowest BCUT2D eigenvalue weighted by Crippen LogP contribution is -2.64. The molecule has 0 spiro atoms. The molecule has 34 heavy (non-hydrogen) atoms. The SMILES string of the molecule is CN(CCc1ccccc1)C(=O)C1=C(c2ccc(O)cc2)C[C@@H]2CN(C(=O)O)C[C@H]1N2C(=O)O. The summed E-state index contributed by atoms with van der Waals surface area (Å²) in [7, 11) is 1.67. The van der Waals surface area contributed by atoms with Gasteiger partial charge in [0.1, 0.15) is 5.75 Å². The molecular weight excluding hydrogens is 438 g/mol. The van der Waals surface area contributed by atoms with Gasteiger partial charge in [0.25, 0.3) is 5.91 Å². The van der Waals surface area contributed by atoms with Crippen LogP contribution in [0.15, 0.2) is 60.2 Å². The van der Waals surface area contributed by atoms with Crippen LogP contribution in [0.4, 0.5) is 9.59 Å². The van der Waals surface area contributed by atoms with Crippen LogP contribution in [0.2, 0.25) is 0 Å². The van der Waals surface area contributed by atoms with Gasteiger partial charge >= 0.3 is 12.2 Å². The Morgan fingerprint density at radius 1 is 0.971 bits per heavy atom. The molecule has 0 aromatic heterocycles. The van der Waals surface area contributed by atoms with Crippen molar-refractivity contribution < 1.29 is 29.7 Å². The van der Waals surface area contributed by atoms with Gasteiger partial charge in [0, 0.05) is 32.3 Å². The highest BCUT2D eigenvalue weighted by Crippen LogP contribution is 2.39. The zero-order chi connectivity index (χ0) is 24.4. The number of phenols is 1. The lowest BCUT2D eigenvalue weighted by Gasteiger charge is -2.49. The largest absolute Gasteiger partial charge is 0.508 e. The van der Waals surface area contributed by atoms with E-state index in [0.717, 1.165) is 5.56 Å². The number of aromatic hydroxyl groups is 1. The minimum Gasteiger partial charge on any atom is -0.508 e. The van der Waals surface area contributed by atoms with Crippen LogP contribution in [0.1, 0.15) is 17.5 Å². The second-order valence-electron chi connectivity index (χ2n) is 8.65. The number of nitrogens with zero attached hydrogens (tertiary/aromatic N) is 3. The molecule has 4 rings (SSSR count). The number of piperazine rings is 1. The molecule has 2 heterocycles. The predicted octanol–water partition coefficient (Wildman–Crippen LogP) is 2.96. The Bertz CT molecular complexity index is 1120. The maximum atomic E-state index is 13.7. The van der Waals surface area contributed by atoms with E-state index < -0.39 is 24.3 Å². The number of likely N-dealkylation sites (N-methyl/N-ethyl adjacent to an activating group) is 1. The number of hydrogen-bond acceptors (Lipinski definition) is 4. The fourth-order valence-electron chi connectivity index (χ4n) is 4.81. The molecule has 1 saturated heterocycles. The smallest absolute Gasteiger partial charge is 0.408 e. The molecule has 178 valence electrons. The second-order valence-corrected chi connectivity index (χ2v) is 8.65. The molecule has 2 bridgehead atoms. The van der Waals surface area contributed by atoms with Crippen molar-refractivity contribution in [2.75, 3.05) is 26.7 Å². The molecule has 2 atom stereocenters. The summed E-state index contributed by atoms with van der Waals surface area (Å²) in [5.74, 6) is -0.252. The van der Waals surface area contributed by atoms with Crippen LogP contribution in [0.5, 0.6) is 5.75 Å². The fourth-order valence-corrected chi connectivity index (χ4v) is 4.81. The lowest BCUT2D eigenvalue weighted by atomic mass is 9.81. The number of carbonyl (C=O) groups excluding carboxylic acids is 1. The first-order valence-electron chi connectivity index (χ1n) is 11.1. The van der Waals surface area contributed by atoms with E-state index in [1.807, 2.05) is 30.3 Å². The van der Waals surface area contributed by atoms with Gasteiger partial charge in [-0.15, -0.1) is 0 Å². The molecule has 3 N–H and O–H groups in total. The van der Waals surface area contributed by atoms with Gasteiger partial charge in [-0.2, -0.15) is 0 Å². The van der Waals surface area contributed by atoms with Crippen LogP contribution < -0.4 is 0 Å². The van der Waals surface area contributed by atoms with Crippen LogP contribution in [0.3, 0.4) is 0 Å².